The zero-order valence-electron chi connectivity index (χ0n) is 12.7. The van der Waals surface area contributed by atoms with Crippen LogP contribution in [0.4, 0.5) is 13.2 Å². The number of piperidine rings is 1. The number of alkyl halides is 3. The smallest absolute Gasteiger partial charge is 0.416 e. The summed E-state index contributed by atoms with van der Waals surface area (Å²) in [5, 5.41) is 0. The van der Waals surface area contributed by atoms with Gasteiger partial charge < -0.3 is 4.74 Å². The molecule has 0 N–H and O–H groups in total. The molecule has 0 aromatic heterocycles. The van der Waals surface area contributed by atoms with Crippen molar-refractivity contribution in [1.29, 1.82) is 0 Å². The van der Waals surface area contributed by atoms with Gasteiger partial charge in [-0.15, -0.1) is 0 Å². The maximum Gasteiger partial charge on any atom is 0.416 e. The van der Waals surface area contributed by atoms with Crippen LogP contribution in [0.3, 0.4) is 0 Å². The summed E-state index contributed by atoms with van der Waals surface area (Å²) in [4.78, 5) is 2.37. The van der Waals surface area contributed by atoms with Crippen molar-refractivity contribution < 1.29 is 17.9 Å². The fourth-order valence-corrected chi connectivity index (χ4v) is 2.58. The number of benzene rings is 1. The third-order valence-electron chi connectivity index (χ3n) is 3.85. The lowest BCUT2D eigenvalue weighted by Gasteiger charge is -2.40. The van der Waals surface area contributed by atoms with Crippen molar-refractivity contribution in [3.05, 3.63) is 29.8 Å². The van der Waals surface area contributed by atoms with E-state index in [9.17, 15) is 13.2 Å². The quantitative estimate of drug-likeness (QED) is 0.805. The van der Waals surface area contributed by atoms with Crippen LogP contribution in [-0.2, 0) is 6.18 Å². The van der Waals surface area contributed by atoms with Gasteiger partial charge in [0.2, 0.25) is 0 Å². The third-order valence-corrected chi connectivity index (χ3v) is 3.85. The van der Waals surface area contributed by atoms with E-state index >= 15 is 0 Å². The molecule has 0 unspecified atom stereocenters. The highest BCUT2D eigenvalue weighted by Crippen LogP contribution is 2.32. The molecule has 21 heavy (non-hydrogen) atoms. The molecule has 2 nitrogen and oxygen atoms in total. The van der Waals surface area contributed by atoms with Gasteiger partial charge in [-0.1, -0.05) is 6.07 Å². The second-order valence-electron chi connectivity index (χ2n) is 6.50. The summed E-state index contributed by atoms with van der Waals surface area (Å²) in [6.45, 7) is 8.32. The fourth-order valence-electron chi connectivity index (χ4n) is 2.58. The first kappa shape index (κ1) is 16.1. The predicted octanol–water partition coefficient (Wildman–Crippen LogP) is 4.35. The summed E-state index contributed by atoms with van der Waals surface area (Å²) in [6.07, 6.45) is -2.65. The zero-order valence-corrected chi connectivity index (χ0v) is 12.7. The van der Waals surface area contributed by atoms with E-state index in [2.05, 4.69) is 25.7 Å². The number of likely N-dealkylation sites (tertiary alicyclic amines) is 1. The van der Waals surface area contributed by atoms with E-state index < -0.39 is 11.7 Å². The van der Waals surface area contributed by atoms with Crippen LogP contribution in [0.15, 0.2) is 24.3 Å². The molecule has 1 aliphatic heterocycles. The largest absolute Gasteiger partial charge is 0.490 e. The van der Waals surface area contributed by atoms with Gasteiger partial charge in [0.05, 0.1) is 5.56 Å². The first-order valence-electron chi connectivity index (χ1n) is 7.25. The molecule has 0 saturated carbocycles. The van der Waals surface area contributed by atoms with Crippen LogP contribution in [0.5, 0.6) is 5.75 Å². The number of ether oxygens (including phenoxy) is 1. The zero-order chi connectivity index (χ0) is 15.7. The molecule has 1 heterocycles. The lowest BCUT2D eigenvalue weighted by Crippen LogP contribution is -2.48. The maximum atomic E-state index is 12.7. The molecule has 1 fully saturated rings. The van der Waals surface area contributed by atoms with Gasteiger partial charge in [0.1, 0.15) is 11.9 Å². The van der Waals surface area contributed by atoms with Crippen LogP contribution in [0.1, 0.15) is 39.2 Å². The Morgan fingerprint density at radius 2 is 1.71 bits per heavy atom. The Kier molecular flexibility index (Phi) is 4.51. The minimum Gasteiger partial charge on any atom is -0.490 e. The van der Waals surface area contributed by atoms with Crippen LogP contribution >= 0.6 is 0 Å². The van der Waals surface area contributed by atoms with Gasteiger partial charge in [-0.05, 0) is 51.8 Å². The van der Waals surface area contributed by atoms with E-state index in [0.717, 1.165) is 38.1 Å². The molecule has 1 saturated heterocycles. The van der Waals surface area contributed by atoms with Crippen molar-refractivity contribution in [3.63, 3.8) is 0 Å². The summed E-state index contributed by atoms with van der Waals surface area (Å²) in [5.41, 5.74) is -0.534. The maximum absolute atomic E-state index is 12.7. The predicted molar refractivity (Wildman–Crippen MR) is 76.4 cm³/mol. The molecular formula is C16H22F3NO. The first-order valence-corrected chi connectivity index (χ1v) is 7.25. The Morgan fingerprint density at radius 3 is 2.24 bits per heavy atom. The van der Waals surface area contributed by atoms with E-state index in [4.69, 9.17) is 4.74 Å². The van der Waals surface area contributed by atoms with Crippen molar-refractivity contribution in [3.8, 4) is 5.75 Å². The minimum absolute atomic E-state index is 0.00733. The summed E-state index contributed by atoms with van der Waals surface area (Å²) in [7, 11) is 0. The van der Waals surface area contributed by atoms with E-state index in [0.29, 0.717) is 5.75 Å². The summed E-state index contributed by atoms with van der Waals surface area (Å²) in [6, 6.07) is 5.12. The normalized spacial score (nSPS) is 18.8. The SMILES string of the molecule is CC(C)(C)N1CCC(Oc2cccc(C(F)(F)F)c2)CC1. The Bertz CT molecular complexity index is 471. The lowest BCUT2D eigenvalue weighted by molar-refractivity contribution is -0.137. The number of rotatable bonds is 2. The van der Waals surface area contributed by atoms with Gasteiger partial charge in [0, 0.05) is 18.6 Å². The topological polar surface area (TPSA) is 12.5 Å². The Labute approximate surface area is 123 Å². The van der Waals surface area contributed by atoms with Crippen LogP contribution < -0.4 is 4.74 Å². The molecule has 1 aromatic rings. The number of hydrogen-bond donors (Lipinski definition) is 0. The van der Waals surface area contributed by atoms with Gasteiger partial charge >= 0.3 is 6.18 Å². The lowest BCUT2D eigenvalue weighted by atomic mass is 9.99. The molecule has 0 aliphatic carbocycles. The van der Waals surface area contributed by atoms with Gasteiger partial charge in [0.15, 0.2) is 0 Å². The highest BCUT2D eigenvalue weighted by atomic mass is 19.4. The number of nitrogens with zero attached hydrogens (tertiary/aromatic N) is 1. The number of halogens is 3. The minimum atomic E-state index is -4.32. The fraction of sp³-hybridized carbons (Fsp3) is 0.625. The molecule has 0 bridgehead atoms. The van der Waals surface area contributed by atoms with E-state index in [1.54, 1.807) is 6.07 Å². The van der Waals surface area contributed by atoms with Crippen LogP contribution in [0.2, 0.25) is 0 Å². The molecule has 0 radical (unpaired) electrons. The highest BCUT2D eigenvalue weighted by Gasteiger charge is 2.31. The number of hydrogen-bond acceptors (Lipinski definition) is 2. The van der Waals surface area contributed by atoms with Crippen LogP contribution in [0.25, 0.3) is 0 Å². The van der Waals surface area contributed by atoms with Crippen molar-refractivity contribution in [2.45, 2.75) is 51.4 Å². The van der Waals surface area contributed by atoms with Gasteiger partial charge in [-0.25, -0.2) is 0 Å². The van der Waals surface area contributed by atoms with Gasteiger partial charge in [-0.2, -0.15) is 13.2 Å². The molecular weight excluding hydrogens is 279 g/mol. The molecule has 0 atom stereocenters. The van der Waals surface area contributed by atoms with Gasteiger partial charge in [-0.3, -0.25) is 4.90 Å². The Hall–Kier alpha value is -1.23. The van der Waals surface area contributed by atoms with Crippen molar-refractivity contribution in [2.24, 2.45) is 0 Å². The summed E-state index contributed by atoms with van der Waals surface area (Å²) >= 11 is 0. The van der Waals surface area contributed by atoms with E-state index in [-0.39, 0.29) is 11.6 Å². The first-order chi connectivity index (χ1) is 9.66. The molecule has 1 aliphatic rings. The van der Waals surface area contributed by atoms with Crippen LogP contribution in [-0.4, -0.2) is 29.6 Å². The molecule has 1 aromatic carbocycles. The molecule has 0 spiro atoms. The van der Waals surface area contributed by atoms with Gasteiger partial charge in [0.25, 0.3) is 0 Å². The van der Waals surface area contributed by atoms with E-state index in [1.807, 2.05) is 0 Å². The standard InChI is InChI=1S/C16H22F3NO/c1-15(2,3)20-9-7-13(8-10-20)21-14-6-4-5-12(11-14)16(17,18)19/h4-6,11,13H,7-10H2,1-3H3. The Balaban J connectivity index is 1.95. The van der Waals surface area contributed by atoms with Crippen molar-refractivity contribution in [2.75, 3.05) is 13.1 Å². The van der Waals surface area contributed by atoms with E-state index in [1.165, 1.54) is 6.07 Å². The van der Waals surface area contributed by atoms with Crippen molar-refractivity contribution in [1.82, 2.24) is 4.90 Å². The monoisotopic (exact) mass is 301 g/mol. The summed E-state index contributed by atoms with van der Waals surface area (Å²) in [5.74, 6) is 0.305. The van der Waals surface area contributed by atoms with Crippen molar-refractivity contribution >= 4 is 0 Å². The molecule has 5 heteroatoms. The highest BCUT2D eigenvalue weighted by molar-refractivity contribution is 5.30. The average Bonchev–Trinajstić information content (AvgIpc) is 2.37. The molecule has 0 amide bonds. The third kappa shape index (κ3) is 4.37. The second-order valence-corrected chi connectivity index (χ2v) is 6.50. The average molecular weight is 301 g/mol. The Morgan fingerprint density at radius 1 is 1.10 bits per heavy atom. The molecule has 118 valence electrons. The summed E-state index contributed by atoms with van der Waals surface area (Å²) < 4.78 is 43.7. The second kappa shape index (κ2) is 5.87. The van der Waals surface area contributed by atoms with Crippen LogP contribution in [0, 0.1) is 0 Å². The molecule has 2 rings (SSSR count).